The molecule has 0 radical (unpaired) electrons. The van der Waals surface area contributed by atoms with Crippen molar-refractivity contribution in [3.63, 3.8) is 0 Å². The van der Waals surface area contributed by atoms with Crippen LogP contribution in [0.3, 0.4) is 0 Å². The molecule has 0 bridgehead atoms. The molecule has 72 valence electrons. The highest BCUT2D eigenvalue weighted by molar-refractivity contribution is 6.31. The lowest BCUT2D eigenvalue weighted by molar-refractivity contribution is 0.276. The Labute approximate surface area is 81.8 Å². The van der Waals surface area contributed by atoms with E-state index in [1.54, 1.807) is 6.07 Å². The Kier molecular flexibility index (Phi) is 3.54. The van der Waals surface area contributed by atoms with Gasteiger partial charge in [-0.1, -0.05) is 11.6 Å². The van der Waals surface area contributed by atoms with Crippen LogP contribution in [0, 0.1) is 0 Å². The fourth-order valence-corrected chi connectivity index (χ4v) is 1.37. The molecule has 4 N–H and O–H groups in total. The van der Waals surface area contributed by atoms with E-state index in [0.29, 0.717) is 17.0 Å². The number of nitrogens with two attached hydrogens (primary N) is 1. The number of hydrogen-bond donors (Lipinski definition) is 3. The predicted molar refractivity (Wildman–Crippen MR) is 51.7 cm³/mol. The zero-order valence-electron chi connectivity index (χ0n) is 7.07. The van der Waals surface area contributed by atoms with E-state index in [2.05, 4.69) is 0 Å². The van der Waals surface area contributed by atoms with E-state index in [9.17, 15) is 5.11 Å². The van der Waals surface area contributed by atoms with E-state index < -0.39 is 0 Å². The number of phenols is 1. The van der Waals surface area contributed by atoms with Crippen molar-refractivity contribution in [2.75, 3.05) is 6.61 Å². The number of halogens is 1. The number of benzene rings is 1. The predicted octanol–water partition coefficient (Wildman–Crippen LogP) is 1.43. The monoisotopic (exact) mass is 201 g/mol. The third-order valence-electron chi connectivity index (χ3n) is 1.82. The maximum Gasteiger partial charge on any atom is 0.116 e. The van der Waals surface area contributed by atoms with Crippen molar-refractivity contribution in [2.45, 2.75) is 12.5 Å². The first kappa shape index (κ1) is 10.3. The second-order valence-corrected chi connectivity index (χ2v) is 3.23. The molecule has 0 aromatic heterocycles. The Morgan fingerprint density at radius 1 is 1.46 bits per heavy atom. The molecule has 0 aliphatic rings. The zero-order valence-corrected chi connectivity index (χ0v) is 7.83. The van der Waals surface area contributed by atoms with Gasteiger partial charge in [-0.15, -0.1) is 0 Å². The largest absolute Gasteiger partial charge is 0.508 e. The van der Waals surface area contributed by atoms with Crippen LogP contribution in [0.15, 0.2) is 18.2 Å². The molecule has 3 nitrogen and oxygen atoms in total. The zero-order chi connectivity index (χ0) is 9.84. The molecule has 0 unspecified atom stereocenters. The highest BCUT2D eigenvalue weighted by atomic mass is 35.5. The molecule has 13 heavy (non-hydrogen) atoms. The Morgan fingerprint density at radius 3 is 2.77 bits per heavy atom. The van der Waals surface area contributed by atoms with E-state index in [1.807, 2.05) is 0 Å². The van der Waals surface area contributed by atoms with Crippen LogP contribution in [0.2, 0.25) is 5.02 Å². The Morgan fingerprint density at radius 2 is 2.15 bits per heavy atom. The molecule has 0 aliphatic carbocycles. The lowest BCUT2D eigenvalue weighted by Crippen LogP contribution is -2.12. The van der Waals surface area contributed by atoms with Gasteiger partial charge in [-0.05, 0) is 30.2 Å². The lowest BCUT2D eigenvalue weighted by atomic mass is 10.0. The van der Waals surface area contributed by atoms with Crippen LogP contribution in [-0.2, 0) is 0 Å². The standard InChI is InChI=1S/C9H12ClNO2/c10-8-2-1-6(13)5-7(8)9(11)3-4-12/h1-2,5,9,12-13H,3-4,11H2/t9-/m1/s1. The van der Waals surface area contributed by atoms with Crippen molar-refractivity contribution in [1.82, 2.24) is 0 Å². The first-order valence-electron chi connectivity index (χ1n) is 4.00. The average Bonchev–Trinajstić information content (AvgIpc) is 2.09. The van der Waals surface area contributed by atoms with Crippen LogP contribution in [0.4, 0.5) is 0 Å². The van der Waals surface area contributed by atoms with Crippen LogP contribution < -0.4 is 5.73 Å². The second-order valence-electron chi connectivity index (χ2n) is 2.82. The van der Waals surface area contributed by atoms with Crippen LogP contribution in [-0.4, -0.2) is 16.8 Å². The Balaban J connectivity index is 2.91. The van der Waals surface area contributed by atoms with Crippen molar-refractivity contribution < 1.29 is 10.2 Å². The third-order valence-corrected chi connectivity index (χ3v) is 2.16. The van der Waals surface area contributed by atoms with E-state index in [1.165, 1.54) is 12.1 Å². The summed E-state index contributed by atoms with van der Waals surface area (Å²) in [5.74, 6) is 0.132. The van der Waals surface area contributed by atoms with Crippen molar-refractivity contribution in [3.8, 4) is 5.75 Å². The summed E-state index contributed by atoms with van der Waals surface area (Å²) in [5, 5.41) is 18.4. The Bertz CT molecular complexity index is 291. The van der Waals surface area contributed by atoms with Gasteiger partial charge in [0.1, 0.15) is 5.75 Å². The molecule has 0 fully saturated rings. The van der Waals surface area contributed by atoms with Crippen LogP contribution in [0.25, 0.3) is 0 Å². The summed E-state index contributed by atoms with van der Waals surface area (Å²) >= 11 is 5.85. The molecule has 0 saturated carbocycles. The smallest absolute Gasteiger partial charge is 0.116 e. The number of rotatable bonds is 3. The Hall–Kier alpha value is -0.770. The minimum atomic E-state index is -0.329. The first-order chi connectivity index (χ1) is 6.15. The van der Waals surface area contributed by atoms with Gasteiger partial charge < -0.3 is 15.9 Å². The van der Waals surface area contributed by atoms with Crippen LogP contribution >= 0.6 is 11.6 Å². The molecule has 1 atom stereocenters. The van der Waals surface area contributed by atoms with Gasteiger partial charge in [0.2, 0.25) is 0 Å². The summed E-state index contributed by atoms with van der Waals surface area (Å²) in [6, 6.07) is 4.27. The fraction of sp³-hybridized carbons (Fsp3) is 0.333. The molecule has 4 heteroatoms. The summed E-state index contributed by atoms with van der Waals surface area (Å²) in [6.45, 7) is 0.00709. The topological polar surface area (TPSA) is 66.5 Å². The average molecular weight is 202 g/mol. The van der Waals surface area contributed by atoms with Gasteiger partial charge in [0.25, 0.3) is 0 Å². The van der Waals surface area contributed by atoms with Crippen molar-refractivity contribution in [2.24, 2.45) is 5.73 Å². The van der Waals surface area contributed by atoms with Gasteiger partial charge in [-0.3, -0.25) is 0 Å². The molecule has 1 aromatic rings. The number of hydrogen-bond acceptors (Lipinski definition) is 3. The maximum absolute atomic E-state index is 9.18. The molecule has 1 rings (SSSR count). The quantitative estimate of drug-likeness (QED) is 0.693. The van der Waals surface area contributed by atoms with Gasteiger partial charge in [-0.25, -0.2) is 0 Å². The summed E-state index contributed by atoms with van der Waals surface area (Å²) in [4.78, 5) is 0. The molecule has 0 heterocycles. The molecule has 1 aromatic carbocycles. The minimum Gasteiger partial charge on any atom is -0.508 e. The molecule has 0 saturated heterocycles. The van der Waals surface area contributed by atoms with E-state index in [-0.39, 0.29) is 18.4 Å². The summed E-state index contributed by atoms with van der Waals surface area (Å²) in [5.41, 5.74) is 6.38. The number of aliphatic hydroxyl groups is 1. The molecular formula is C9H12ClNO2. The first-order valence-corrected chi connectivity index (χ1v) is 4.38. The highest BCUT2D eigenvalue weighted by Gasteiger charge is 2.09. The molecule has 0 amide bonds. The summed E-state index contributed by atoms with van der Waals surface area (Å²) in [6.07, 6.45) is 0.434. The molecule has 0 aliphatic heterocycles. The SMILES string of the molecule is N[C@H](CCO)c1cc(O)ccc1Cl. The lowest BCUT2D eigenvalue weighted by Gasteiger charge is -2.12. The van der Waals surface area contributed by atoms with Gasteiger partial charge in [0.15, 0.2) is 0 Å². The number of phenolic OH excluding ortho intramolecular Hbond substituents is 1. The number of aliphatic hydroxyl groups excluding tert-OH is 1. The highest BCUT2D eigenvalue weighted by Crippen LogP contribution is 2.26. The van der Waals surface area contributed by atoms with Gasteiger partial charge in [0.05, 0.1) is 0 Å². The molecule has 0 spiro atoms. The minimum absolute atomic E-state index is 0.00709. The molecular weight excluding hydrogens is 190 g/mol. The summed E-state index contributed by atoms with van der Waals surface area (Å²) in [7, 11) is 0. The van der Waals surface area contributed by atoms with Crippen molar-refractivity contribution >= 4 is 11.6 Å². The van der Waals surface area contributed by atoms with Crippen LogP contribution in [0.1, 0.15) is 18.0 Å². The summed E-state index contributed by atoms with van der Waals surface area (Å²) < 4.78 is 0. The maximum atomic E-state index is 9.18. The second kappa shape index (κ2) is 4.46. The van der Waals surface area contributed by atoms with Crippen molar-refractivity contribution in [1.29, 1.82) is 0 Å². The fourth-order valence-electron chi connectivity index (χ4n) is 1.11. The van der Waals surface area contributed by atoms with Gasteiger partial charge >= 0.3 is 0 Å². The number of aromatic hydroxyl groups is 1. The van der Waals surface area contributed by atoms with E-state index in [4.69, 9.17) is 22.4 Å². The van der Waals surface area contributed by atoms with Crippen LogP contribution in [0.5, 0.6) is 5.75 Å². The van der Waals surface area contributed by atoms with Crippen molar-refractivity contribution in [3.05, 3.63) is 28.8 Å². The van der Waals surface area contributed by atoms with E-state index in [0.717, 1.165) is 0 Å². The third kappa shape index (κ3) is 2.59. The van der Waals surface area contributed by atoms with Gasteiger partial charge in [-0.2, -0.15) is 0 Å². The normalized spacial score (nSPS) is 12.8. The van der Waals surface area contributed by atoms with E-state index >= 15 is 0 Å². The van der Waals surface area contributed by atoms with Gasteiger partial charge in [0, 0.05) is 17.7 Å².